The predicted molar refractivity (Wildman–Crippen MR) is 47.8 cm³/mol. The van der Waals surface area contributed by atoms with E-state index >= 15 is 0 Å². The van der Waals surface area contributed by atoms with Crippen LogP contribution in [0.1, 0.15) is 0 Å². The van der Waals surface area contributed by atoms with Crippen LogP contribution in [0.25, 0.3) is 0 Å². The van der Waals surface area contributed by atoms with E-state index in [1.165, 1.54) is 0 Å². The van der Waals surface area contributed by atoms with Gasteiger partial charge in [-0.3, -0.25) is 0 Å². The minimum absolute atomic E-state index is 0. The average molecular weight is 321 g/mol. The fourth-order valence-electron chi connectivity index (χ4n) is 1.12. The minimum atomic E-state index is -5.14. The standard InChI is InChI=1S/C6H13NO5.2Na.H3O4P/c7-3-5(10)4(9)2(1-8)12-6(3)11;;;1-5(2,3)4/h2-6,8-11H,1,7H2;;;(H3,1,2,3,4)/q;2*+1;/p-2/t2-,3-,4-,5-,6?;;;/m1.../s1. The number of phosphoric acid groups is 1. The fourth-order valence-corrected chi connectivity index (χ4v) is 1.12. The third kappa shape index (κ3) is 11.1. The SMILES string of the molecule is N[C@H]1C(O)O[C@H](CO)[C@@H](O)[C@@H]1O.O=P([O-])([O-])O.[Na+].[Na+]. The van der Waals surface area contributed by atoms with Crippen LogP contribution in [0.3, 0.4) is 0 Å². The second kappa shape index (κ2) is 11.4. The Morgan fingerprint density at radius 3 is 1.84 bits per heavy atom. The largest absolute Gasteiger partial charge is 1.00 e. The molecule has 0 spiro atoms. The van der Waals surface area contributed by atoms with Gasteiger partial charge in [-0.25, -0.2) is 0 Å². The number of aliphatic hydroxyl groups excluding tert-OH is 4. The van der Waals surface area contributed by atoms with E-state index in [4.69, 9.17) is 39.9 Å². The van der Waals surface area contributed by atoms with Gasteiger partial charge in [-0.15, -0.1) is 0 Å². The maximum absolute atomic E-state index is 9.20. The molecular weight excluding hydrogens is 307 g/mol. The zero-order chi connectivity index (χ0) is 13.8. The summed E-state index contributed by atoms with van der Waals surface area (Å²) >= 11 is 0. The summed E-state index contributed by atoms with van der Waals surface area (Å²) in [5, 5.41) is 36.1. The van der Waals surface area contributed by atoms with Gasteiger partial charge in [-0.2, -0.15) is 0 Å². The summed E-state index contributed by atoms with van der Waals surface area (Å²) < 4.78 is 13.4. The molecule has 0 aromatic rings. The van der Waals surface area contributed by atoms with E-state index in [1.807, 2.05) is 0 Å². The van der Waals surface area contributed by atoms with Crippen LogP contribution in [-0.2, 0) is 9.30 Å². The molecular formula is C6H14NNa2O9P. The zero-order valence-corrected chi connectivity index (χ0v) is 15.4. The van der Waals surface area contributed by atoms with Crippen LogP contribution >= 0.6 is 7.82 Å². The van der Waals surface area contributed by atoms with Crippen LogP contribution in [0.4, 0.5) is 0 Å². The van der Waals surface area contributed by atoms with Gasteiger partial charge in [0.2, 0.25) is 0 Å². The molecule has 1 rings (SSSR count). The summed E-state index contributed by atoms with van der Waals surface area (Å²) in [6.07, 6.45) is -4.85. The molecule has 1 fully saturated rings. The Kier molecular flexibility index (Phi) is 15.5. The van der Waals surface area contributed by atoms with Crippen LogP contribution in [0.15, 0.2) is 0 Å². The van der Waals surface area contributed by atoms with Gasteiger partial charge in [0, 0.05) is 0 Å². The van der Waals surface area contributed by atoms with Crippen molar-refractivity contribution in [3.8, 4) is 0 Å². The van der Waals surface area contributed by atoms with Crippen molar-refractivity contribution in [1.29, 1.82) is 0 Å². The first-order valence-electron chi connectivity index (χ1n) is 4.38. The molecule has 1 aliphatic heterocycles. The summed E-state index contributed by atoms with van der Waals surface area (Å²) in [4.78, 5) is 24.3. The first kappa shape index (κ1) is 25.8. The van der Waals surface area contributed by atoms with Crippen molar-refractivity contribution in [3.05, 3.63) is 0 Å². The van der Waals surface area contributed by atoms with Crippen LogP contribution < -0.4 is 74.6 Å². The summed E-state index contributed by atoms with van der Waals surface area (Å²) in [5.74, 6) is 0. The maximum atomic E-state index is 9.20. The molecule has 5 atom stereocenters. The van der Waals surface area contributed by atoms with Gasteiger partial charge < -0.3 is 50.1 Å². The van der Waals surface area contributed by atoms with Gasteiger partial charge >= 0.3 is 59.1 Å². The average Bonchev–Trinajstić information content (AvgIpc) is 2.18. The van der Waals surface area contributed by atoms with Gasteiger partial charge in [-0.05, 0) is 0 Å². The molecule has 7 N–H and O–H groups in total. The quantitative estimate of drug-likeness (QED) is 0.199. The molecule has 1 saturated heterocycles. The monoisotopic (exact) mass is 321 g/mol. The maximum Gasteiger partial charge on any atom is 1.00 e. The third-order valence-electron chi connectivity index (χ3n) is 1.95. The second-order valence-electron chi connectivity index (χ2n) is 3.27. The minimum Gasteiger partial charge on any atom is -0.790 e. The second-order valence-corrected chi connectivity index (χ2v) is 4.21. The molecule has 13 heteroatoms. The van der Waals surface area contributed by atoms with Crippen molar-refractivity contribution in [2.45, 2.75) is 30.6 Å². The molecule has 1 heterocycles. The Balaban J connectivity index is -0.000000320. The number of hydrogen-bond acceptors (Lipinski definition) is 9. The summed E-state index contributed by atoms with van der Waals surface area (Å²) in [7, 11) is -5.14. The summed E-state index contributed by atoms with van der Waals surface area (Å²) in [5.41, 5.74) is 5.26. The number of ether oxygens (including phenoxy) is 1. The third-order valence-corrected chi connectivity index (χ3v) is 1.95. The Morgan fingerprint density at radius 2 is 1.53 bits per heavy atom. The smallest absolute Gasteiger partial charge is 0.790 e. The van der Waals surface area contributed by atoms with Crippen LogP contribution in [0.5, 0.6) is 0 Å². The molecule has 1 unspecified atom stereocenters. The zero-order valence-electron chi connectivity index (χ0n) is 10.5. The number of rotatable bonds is 1. The first-order valence-corrected chi connectivity index (χ1v) is 5.88. The van der Waals surface area contributed by atoms with Crippen molar-refractivity contribution >= 4 is 7.82 Å². The first-order chi connectivity index (χ1) is 7.57. The van der Waals surface area contributed by atoms with E-state index in [-0.39, 0.29) is 59.1 Å². The van der Waals surface area contributed by atoms with Gasteiger partial charge in [0.1, 0.15) is 18.3 Å². The van der Waals surface area contributed by atoms with Crippen molar-refractivity contribution < 1.29 is 104 Å². The molecule has 19 heavy (non-hydrogen) atoms. The van der Waals surface area contributed by atoms with E-state index in [2.05, 4.69) is 0 Å². The normalized spacial score (nSPS) is 34.2. The van der Waals surface area contributed by atoms with E-state index in [0.29, 0.717) is 0 Å². The molecule has 104 valence electrons. The Hall–Kier alpha value is 1.87. The van der Waals surface area contributed by atoms with Crippen LogP contribution in [0, 0.1) is 0 Å². The molecule has 0 saturated carbocycles. The number of hydrogen-bond donors (Lipinski definition) is 6. The molecule has 0 aromatic carbocycles. The predicted octanol–water partition coefficient (Wildman–Crippen LogP) is -11.4. The van der Waals surface area contributed by atoms with Gasteiger partial charge in [0.25, 0.3) is 0 Å². The molecule has 0 aromatic heterocycles. The van der Waals surface area contributed by atoms with E-state index in [0.717, 1.165) is 0 Å². The summed E-state index contributed by atoms with van der Waals surface area (Å²) in [6.45, 7) is -0.470. The van der Waals surface area contributed by atoms with Crippen molar-refractivity contribution in [2.75, 3.05) is 6.61 Å². The van der Waals surface area contributed by atoms with Crippen molar-refractivity contribution in [1.82, 2.24) is 0 Å². The molecule has 0 radical (unpaired) electrons. The van der Waals surface area contributed by atoms with Gasteiger partial charge in [0.05, 0.1) is 20.5 Å². The number of aliphatic hydroxyl groups is 4. The van der Waals surface area contributed by atoms with Crippen LogP contribution in [-0.4, -0.2) is 62.6 Å². The van der Waals surface area contributed by atoms with E-state index < -0.39 is 45.1 Å². The molecule has 0 bridgehead atoms. The van der Waals surface area contributed by atoms with Crippen molar-refractivity contribution in [2.24, 2.45) is 5.73 Å². The van der Waals surface area contributed by atoms with E-state index in [1.54, 1.807) is 0 Å². The molecule has 0 amide bonds. The Bertz CT molecular complexity index is 266. The number of nitrogens with two attached hydrogens (primary N) is 1. The Morgan fingerprint density at radius 1 is 1.16 bits per heavy atom. The molecule has 1 aliphatic rings. The summed E-state index contributed by atoms with van der Waals surface area (Å²) in [6, 6.07) is -1.04. The Labute approximate surface area is 153 Å². The molecule has 10 nitrogen and oxygen atoms in total. The van der Waals surface area contributed by atoms with Gasteiger partial charge in [-0.1, -0.05) is 0 Å². The van der Waals surface area contributed by atoms with Gasteiger partial charge in [0.15, 0.2) is 6.29 Å². The van der Waals surface area contributed by atoms with Crippen molar-refractivity contribution in [3.63, 3.8) is 0 Å². The van der Waals surface area contributed by atoms with E-state index in [9.17, 15) is 10.2 Å². The molecule has 0 aliphatic carbocycles. The van der Waals surface area contributed by atoms with Crippen LogP contribution in [0.2, 0.25) is 0 Å². The fraction of sp³-hybridized carbons (Fsp3) is 1.00. The topological polar surface area (TPSA) is 200 Å².